The molecule has 0 radical (unpaired) electrons. The molecule has 2 heterocycles. The molecule has 1 amide bonds. The quantitative estimate of drug-likeness (QED) is 0.439. The van der Waals surface area contributed by atoms with Crippen LogP contribution in [0.25, 0.3) is 10.2 Å². The van der Waals surface area contributed by atoms with Crippen molar-refractivity contribution in [2.75, 3.05) is 18.6 Å². The van der Waals surface area contributed by atoms with Gasteiger partial charge in [-0.2, -0.15) is 0 Å². The lowest BCUT2D eigenvalue weighted by atomic mass is 10.2. The van der Waals surface area contributed by atoms with E-state index in [1.54, 1.807) is 24.4 Å². The van der Waals surface area contributed by atoms with Gasteiger partial charge in [0.25, 0.3) is 5.91 Å². The normalized spacial score (nSPS) is 10.7. The highest BCUT2D eigenvalue weighted by Crippen LogP contribution is 2.32. The minimum absolute atomic E-state index is 0.203. The molecule has 0 fully saturated rings. The van der Waals surface area contributed by atoms with Crippen molar-refractivity contribution in [1.82, 2.24) is 9.97 Å². The molecule has 2 aromatic carbocycles. The Labute approximate surface area is 176 Å². The Morgan fingerprint density at radius 3 is 2.67 bits per heavy atom. The molecule has 0 aliphatic carbocycles. The van der Waals surface area contributed by atoms with E-state index in [9.17, 15) is 9.18 Å². The lowest BCUT2D eigenvalue weighted by Gasteiger charge is -2.20. The molecule has 0 unspecified atom stereocenters. The zero-order valence-corrected chi connectivity index (χ0v) is 16.9. The molecule has 0 aliphatic heterocycles. The third-order valence-corrected chi connectivity index (χ3v) is 5.41. The second-order valence-electron chi connectivity index (χ2n) is 6.41. The van der Waals surface area contributed by atoms with Crippen LogP contribution in [0.4, 0.5) is 9.52 Å². The number of anilines is 1. The molecule has 0 saturated carbocycles. The van der Waals surface area contributed by atoms with E-state index in [1.165, 1.54) is 35.6 Å². The van der Waals surface area contributed by atoms with Crippen molar-refractivity contribution in [2.24, 2.45) is 0 Å². The molecule has 2 aromatic heterocycles. The minimum Gasteiger partial charge on any atom is -0.497 e. The highest BCUT2D eigenvalue weighted by Gasteiger charge is 2.21. The van der Waals surface area contributed by atoms with Crippen molar-refractivity contribution in [3.63, 3.8) is 0 Å². The number of hydrogen-bond donors (Lipinski definition) is 0. The van der Waals surface area contributed by atoms with Crippen LogP contribution in [0.3, 0.4) is 0 Å². The van der Waals surface area contributed by atoms with Crippen LogP contribution in [0.2, 0.25) is 0 Å². The number of pyridine rings is 1. The summed E-state index contributed by atoms with van der Waals surface area (Å²) in [6.07, 6.45) is 3.38. The van der Waals surface area contributed by atoms with Gasteiger partial charge in [-0.05, 0) is 48.0 Å². The first-order chi connectivity index (χ1) is 14.6. The number of aromatic nitrogens is 2. The van der Waals surface area contributed by atoms with Gasteiger partial charge >= 0.3 is 0 Å². The minimum atomic E-state index is -0.364. The van der Waals surface area contributed by atoms with Gasteiger partial charge in [0.05, 0.1) is 23.9 Å². The van der Waals surface area contributed by atoms with Crippen LogP contribution in [0.15, 0.2) is 67.0 Å². The van der Waals surface area contributed by atoms with Gasteiger partial charge in [-0.15, -0.1) is 0 Å². The van der Waals surface area contributed by atoms with E-state index in [4.69, 9.17) is 9.47 Å². The Kier molecular flexibility index (Phi) is 5.85. The fraction of sp³-hybridized carbons (Fsp3) is 0.136. The number of methoxy groups -OCH3 is 1. The summed E-state index contributed by atoms with van der Waals surface area (Å²) in [5.41, 5.74) is 1.61. The number of halogens is 1. The first-order valence-corrected chi connectivity index (χ1v) is 9.96. The number of carbonyl (C=O) groups excluding carboxylic acids is 1. The lowest BCUT2D eigenvalue weighted by Crippen LogP contribution is -2.34. The number of ether oxygens (including phenoxy) is 2. The van der Waals surface area contributed by atoms with Crippen LogP contribution in [0.1, 0.15) is 5.56 Å². The number of amides is 1. The van der Waals surface area contributed by atoms with Gasteiger partial charge in [-0.3, -0.25) is 14.7 Å². The summed E-state index contributed by atoms with van der Waals surface area (Å²) in [5, 5.41) is 0.551. The maximum Gasteiger partial charge on any atom is 0.267 e. The molecule has 0 bridgehead atoms. The van der Waals surface area contributed by atoms with Gasteiger partial charge in [0.2, 0.25) is 0 Å². The van der Waals surface area contributed by atoms with Crippen LogP contribution in [0.5, 0.6) is 11.5 Å². The van der Waals surface area contributed by atoms with Crippen molar-refractivity contribution < 1.29 is 18.7 Å². The third-order valence-electron chi connectivity index (χ3n) is 4.35. The van der Waals surface area contributed by atoms with E-state index in [2.05, 4.69) is 9.97 Å². The molecule has 4 aromatic rings. The second kappa shape index (κ2) is 8.87. The van der Waals surface area contributed by atoms with E-state index in [0.717, 1.165) is 15.8 Å². The van der Waals surface area contributed by atoms with E-state index in [0.29, 0.717) is 23.2 Å². The summed E-state index contributed by atoms with van der Waals surface area (Å²) in [6, 6.07) is 14.8. The second-order valence-corrected chi connectivity index (χ2v) is 7.42. The largest absolute Gasteiger partial charge is 0.497 e. The number of thiazole rings is 1. The molecule has 0 atom stereocenters. The fourth-order valence-electron chi connectivity index (χ4n) is 2.83. The van der Waals surface area contributed by atoms with Gasteiger partial charge in [0.1, 0.15) is 17.3 Å². The molecular weight excluding hydrogens is 405 g/mol. The van der Waals surface area contributed by atoms with Crippen LogP contribution in [-0.2, 0) is 11.3 Å². The Balaban J connectivity index is 1.60. The third kappa shape index (κ3) is 4.55. The van der Waals surface area contributed by atoms with Crippen molar-refractivity contribution in [1.29, 1.82) is 0 Å². The number of rotatable bonds is 7. The van der Waals surface area contributed by atoms with Crippen LogP contribution in [-0.4, -0.2) is 29.6 Å². The number of carbonyl (C=O) groups is 1. The van der Waals surface area contributed by atoms with E-state index < -0.39 is 0 Å². The van der Waals surface area contributed by atoms with E-state index >= 15 is 0 Å². The average molecular weight is 423 g/mol. The SMILES string of the molecule is COc1ccc2sc(N(Cc3cccnc3)C(=O)COc3ccc(F)cc3)nc2c1. The van der Waals surface area contributed by atoms with Crippen LogP contribution < -0.4 is 14.4 Å². The van der Waals surface area contributed by atoms with Crippen molar-refractivity contribution in [3.05, 3.63) is 78.4 Å². The topological polar surface area (TPSA) is 64.5 Å². The predicted molar refractivity (Wildman–Crippen MR) is 113 cm³/mol. The summed E-state index contributed by atoms with van der Waals surface area (Å²) < 4.78 is 24.8. The smallest absolute Gasteiger partial charge is 0.267 e. The predicted octanol–water partition coefficient (Wildman–Crippen LogP) is 4.45. The Bertz CT molecular complexity index is 1150. The van der Waals surface area contributed by atoms with Crippen LogP contribution in [0, 0.1) is 5.82 Å². The van der Waals surface area contributed by atoms with E-state index in [-0.39, 0.29) is 18.3 Å². The van der Waals surface area contributed by atoms with Crippen molar-refractivity contribution >= 4 is 32.6 Å². The van der Waals surface area contributed by atoms with Gasteiger partial charge in [-0.25, -0.2) is 9.37 Å². The Morgan fingerprint density at radius 2 is 1.93 bits per heavy atom. The number of fused-ring (bicyclic) bond motifs is 1. The molecule has 0 aliphatic rings. The Hall–Kier alpha value is -3.52. The van der Waals surface area contributed by atoms with Crippen molar-refractivity contribution in [2.45, 2.75) is 6.54 Å². The lowest BCUT2D eigenvalue weighted by molar-refractivity contribution is -0.120. The number of nitrogens with zero attached hydrogens (tertiary/aromatic N) is 3. The molecule has 0 N–H and O–H groups in total. The monoisotopic (exact) mass is 423 g/mol. The number of benzene rings is 2. The maximum absolute atomic E-state index is 13.1. The molecule has 6 nitrogen and oxygen atoms in total. The molecular formula is C22H18FN3O3S. The maximum atomic E-state index is 13.1. The summed E-state index contributed by atoms with van der Waals surface area (Å²) in [6.45, 7) is 0.0988. The average Bonchev–Trinajstić information content (AvgIpc) is 3.20. The molecule has 30 heavy (non-hydrogen) atoms. The number of hydrogen-bond acceptors (Lipinski definition) is 6. The van der Waals surface area contributed by atoms with Gasteiger partial charge < -0.3 is 9.47 Å². The van der Waals surface area contributed by atoms with Crippen LogP contribution >= 0.6 is 11.3 Å². The van der Waals surface area contributed by atoms with Gasteiger partial charge in [0.15, 0.2) is 11.7 Å². The highest BCUT2D eigenvalue weighted by atomic mass is 32.1. The van der Waals surface area contributed by atoms with E-state index in [1.807, 2.05) is 30.3 Å². The fourth-order valence-corrected chi connectivity index (χ4v) is 3.79. The zero-order chi connectivity index (χ0) is 20.9. The first-order valence-electron chi connectivity index (χ1n) is 9.14. The highest BCUT2D eigenvalue weighted by molar-refractivity contribution is 7.22. The Morgan fingerprint density at radius 1 is 1.13 bits per heavy atom. The standard InChI is InChI=1S/C22H18FN3O3S/c1-28-18-8-9-20-19(11-18)25-22(30-20)26(13-15-3-2-10-24-12-15)21(27)14-29-17-6-4-16(23)5-7-17/h2-12H,13-14H2,1H3. The summed E-state index contributed by atoms with van der Waals surface area (Å²) in [4.78, 5) is 23.3. The first kappa shape index (κ1) is 19.8. The van der Waals surface area contributed by atoms with Crippen molar-refractivity contribution in [3.8, 4) is 11.5 Å². The molecule has 152 valence electrons. The molecule has 8 heteroatoms. The summed E-state index contributed by atoms with van der Waals surface area (Å²) >= 11 is 1.41. The molecule has 0 saturated heterocycles. The summed E-state index contributed by atoms with van der Waals surface area (Å²) in [7, 11) is 1.60. The molecule has 0 spiro atoms. The van der Waals surface area contributed by atoms with Gasteiger partial charge in [0, 0.05) is 18.5 Å². The molecule has 4 rings (SSSR count). The summed E-state index contributed by atoms with van der Waals surface area (Å²) in [5.74, 6) is 0.482. The van der Waals surface area contributed by atoms with Gasteiger partial charge in [-0.1, -0.05) is 17.4 Å². The zero-order valence-electron chi connectivity index (χ0n) is 16.1.